The Bertz CT molecular complexity index is 1900. The molecule has 1 saturated heterocycles. The Morgan fingerprint density at radius 1 is 0.976 bits per heavy atom. The second kappa shape index (κ2) is 11.2. The zero-order chi connectivity index (χ0) is 28.4. The predicted molar refractivity (Wildman–Crippen MR) is 155 cm³/mol. The van der Waals surface area contributed by atoms with Gasteiger partial charge in [-0.15, -0.1) is 11.3 Å². The minimum absolute atomic E-state index is 0.0428. The molecule has 5 aromatic rings. The van der Waals surface area contributed by atoms with Crippen LogP contribution in [0.15, 0.2) is 104 Å². The Morgan fingerprint density at radius 3 is 2.51 bits per heavy atom. The molecule has 6 rings (SSSR count). The quantitative estimate of drug-likeness (QED) is 0.149. The first-order valence-electron chi connectivity index (χ1n) is 12.6. The first-order chi connectivity index (χ1) is 19.9. The minimum atomic E-state index is -3.63. The number of furan rings is 1. The van der Waals surface area contributed by atoms with Gasteiger partial charge in [0.15, 0.2) is 5.76 Å². The smallest absolute Gasteiger partial charge is 0.270 e. The fourth-order valence-corrected chi connectivity index (χ4v) is 6.59. The summed E-state index contributed by atoms with van der Waals surface area (Å²) in [6, 6.07) is 22.1. The van der Waals surface area contributed by atoms with Crippen LogP contribution in [0.4, 0.5) is 11.4 Å². The van der Waals surface area contributed by atoms with Crippen LogP contribution in [0.5, 0.6) is 0 Å². The summed E-state index contributed by atoms with van der Waals surface area (Å²) in [5, 5.41) is 18.6. The van der Waals surface area contributed by atoms with Gasteiger partial charge in [0.05, 0.1) is 34.9 Å². The van der Waals surface area contributed by atoms with Crippen molar-refractivity contribution in [2.75, 3.05) is 26.3 Å². The SMILES string of the molecule is O=[N+]([O-])c1cccc(C=Nn2c(-c3cc4ccccc4o3)csc2=Nc2ccc(S(=O)(=O)N3CCOCC3)cc2)c1. The molecule has 1 fully saturated rings. The van der Waals surface area contributed by atoms with Gasteiger partial charge in [-0.1, -0.05) is 30.3 Å². The summed E-state index contributed by atoms with van der Waals surface area (Å²) in [7, 11) is -3.63. The van der Waals surface area contributed by atoms with Crippen molar-refractivity contribution in [1.82, 2.24) is 8.98 Å². The normalized spacial score (nSPS) is 15.2. The van der Waals surface area contributed by atoms with Gasteiger partial charge in [-0.25, -0.2) is 18.1 Å². The summed E-state index contributed by atoms with van der Waals surface area (Å²) in [5.74, 6) is 0.576. The van der Waals surface area contributed by atoms with Crippen LogP contribution in [0, 0.1) is 10.1 Å². The molecule has 3 heterocycles. The molecule has 0 aliphatic carbocycles. The molecular weight excluding hydrogens is 566 g/mol. The number of rotatable bonds is 7. The molecule has 1 aliphatic rings. The van der Waals surface area contributed by atoms with E-state index < -0.39 is 14.9 Å². The van der Waals surface area contributed by atoms with E-state index in [2.05, 4.69) is 5.10 Å². The maximum atomic E-state index is 13.0. The molecule has 208 valence electrons. The van der Waals surface area contributed by atoms with Gasteiger partial charge in [-0.05, 0) is 36.4 Å². The third-order valence-electron chi connectivity index (χ3n) is 6.44. The number of nitro groups is 1. The van der Waals surface area contributed by atoms with Crippen molar-refractivity contribution in [3.05, 3.63) is 105 Å². The maximum Gasteiger partial charge on any atom is 0.270 e. The van der Waals surface area contributed by atoms with Crippen LogP contribution in [-0.4, -0.2) is 54.8 Å². The van der Waals surface area contributed by atoms with Crippen LogP contribution < -0.4 is 4.80 Å². The van der Waals surface area contributed by atoms with E-state index >= 15 is 0 Å². The Kier molecular flexibility index (Phi) is 7.32. The summed E-state index contributed by atoms with van der Waals surface area (Å²) in [4.78, 5) is 16.2. The van der Waals surface area contributed by atoms with E-state index in [1.54, 1.807) is 28.9 Å². The van der Waals surface area contributed by atoms with E-state index in [0.717, 1.165) is 11.0 Å². The number of benzene rings is 3. The molecule has 11 nitrogen and oxygen atoms in total. The van der Waals surface area contributed by atoms with E-state index in [1.807, 2.05) is 35.7 Å². The zero-order valence-electron chi connectivity index (χ0n) is 21.5. The van der Waals surface area contributed by atoms with E-state index in [1.165, 1.54) is 46.1 Å². The van der Waals surface area contributed by atoms with Gasteiger partial charge in [-0.2, -0.15) is 9.41 Å². The van der Waals surface area contributed by atoms with E-state index in [9.17, 15) is 18.5 Å². The Hall–Kier alpha value is -4.43. The fourth-order valence-electron chi connectivity index (χ4n) is 4.35. The van der Waals surface area contributed by atoms with E-state index in [-0.39, 0.29) is 10.6 Å². The summed E-state index contributed by atoms with van der Waals surface area (Å²) in [6.07, 6.45) is 1.52. The molecule has 0 amide bonds. The topological polar surface area (TPSA) is 133 Å². The second-order valence-electron chi connectivity index (χ2n) is 9.08. The number of nitro benzene ring substituents is 1. The lowest BCUT2D eigenvalue weighted by Crippen LogP contribution is -2.40. The largest absolute Gasteiger partial charge is 0.454 e. The lowest BCUT2D eigenvalue weighted by molar-refractivity contribution is -0.384. The van der Waals surface area contributed by atoms with Crippen LogP contribution in [0.1, 0.15) is 5.56 Å². The molecule has 1 aliphatic heterocycles. The third-order valence-corrected chi connectivity index (χ3v) is 9.16. The molecule has 2 aromatic heterocycles. The maximum absolute atomic E-state index is 13.0. The Morgan fingerprint density at radius 2 is 1.76 bits per heavy atom. The van der Waals surface area contributed by atoms with Gasteiger partial charge < -0.3 is 9.15 Å². The van der Waals surface area contributed by atoms with Crippen molar-refractivity contribution in [2.24, 2.45) is 10.1 Å². The van der Waals surface area contributed by atoms with Crippen LogP contribution in [0.2, 0.25) is 0 Å². The number of ether oxygens (including phenoxy) is 1. The number of fused-ring (bicyclic) bond motifs is 1. The first-order valence-corrected chi connectivity index (χ1v) is 14.9. The van der Waals surface area contributed by atoms with Gasteiger partial charge in [0.2, 0.25) is 14.8 Å². The van der Waals surface area contributed by atoms with Crippen molar-refractivity contribution < 1.29 is 22.5 Å². The van der Waals surface area contributed by atoms with Crippen LogP contribution >= 0.6 is 11.3 Å². The molecule has 0 atom stereocenters. The minimum Gasteiger partial charge on any atom is -0.454 e. The highest BCUT2D eigenvalue weighted by atomic mass is 32.2. The van der Waals surface area contributed by atoms with Crippen LogP contribution in [-0.2, 0) is 14.8 Å². The highest BCUT2D eigenvalue weighted by Crippen LogP contribution is 2.29. The van der Waals surface area contributed by atoms with E-state index in [0.29, 0.717) is 53.8 Å². The lowest BCUT2D eigenvalue weighted by Gasteiger charge is -2.26. The molecule has 0 unspecified atom stereocenters. The number of morpholine rings is 1. The Balaban J connectivity index is 1.39. The zero-order valence-corrected chi connectivity index (χ0v) is 23.1. The van der Waals surface area contributed by atoms with Gasteiger partial charge in [0, 0.05) is 41.6 Å². The highest BCUT2D eigenvalue weighted by molar-refractivity contribution is 7.89. The summed E-state index contributed by atoms with van der Waals surface area (Å²) in [5.41, 5.74) is 2.38. The number of hydrogen-bond donors (Lipinski definition) is 0. The van der Waals surface area contributed by atoms with Crippen molar-refractivity contribution in [3.63, 3.8) is 0 Å². The van der Waals surface area contributed by atoms with Crippen molar-refractivity contribution in [3.8, 4) is 11.5 Å². The van der Waals surface area contributed by atoms with Gasteiger partial charge in [-0.3, -0.25) is 10.1 Å². The summed E-state index contributed by atoms with van der Waals surface area (Å²) >= 11 is 1.33. The predicted octanol–water partition coefficient (Wildman–Crippen LogP) is 5.01. The average Bonchev–Trinajstić information content (AvgIpc) is 3.61. The number of nitrogens with zero attached hydrogens (tertiary/aromatic N) is 5. The third kappa shape index (κ3) is 5.60. The molecule has 0 saturated carbocycles. The molecule has 41 heavy (non-hydrogen) atoms. The number of para-hydroxylation sites is 1. The van der Waals surface area contributed by atoms with Crippen molar-refractivity contribution in [1.29, 1.82) is 0 Å². The van der Waals surface area contributed by atoms with Crippen molar-refractivity contribution in [2.45, 2.75) is 4.90 Å². The molecular formula is C28H23N5O6S2. The summed E-state index contributed by atoms with van der Waals surface area (Å²) < 4.78 is 40.4. The van der Waals surface area contributed by atoms with Crippen molar-refractivity contribution >= 4 is 49.9 Å². The number of sulfonamides is 1. The highest BCUT2D eigenvalue weighted by Gasteiger charge is 2.26. The molecule has 0 N–H and O–H groups in total. The van der Waals surface area contributed by atoms with E-state index in [4.69, 9.17) is 14.1 Å². The molecule has 0 bridgehead atoms. The average molecular weight is 590 g/mol. The Labute approximate surface area is 238 Å². The number of thiazole rings is 1. The standard InChI is InChI=1S/C28H23N5O6S2/c34-33(35)23-6-3-4-20(16-23)18-29-32-25(27-17-21-5-1-2-7-26(21)39-27)19-40-28(32)30-22-8-10-24(11-9-22)41(36,37)31-12-14-38-15-13-31/h1-11,16-19H,12-15H2. The lowest BCUT2D eigenvalue weighted by atomic mass is 10.2. The molecule has 3 aromatic carbocycles. The first kappa shape index (κ1) is 26.8. The van der Waals surface area contributed by atoms with Gasteiger partial charge >= 0.3 is 0 Å². The molecule has 0 radical (unpaired) electrons. The number of non-ortho nitro benzene ring substituents is 1. The van der Waals surface area contributed by atoms with Gasteiger partial charge in [0.1, 0.15) is 11.3 Å². The molecule has 13 heteroatoms. The van der Waals surface area contributed by atoms with Crippen LogP contribution in [0.25, 0.3) is 22.4 Å². The van der Waals surface area contributed by atoms with Crippen LogP contribution in [0.3, 0.4) is 0 Å². The summed E-state index contributed by atoms with van der Waals surface area (Å²) in [6.45, 7) is 1.37. The second-order valence-corrected chi connectivity index (χ2v) is 11.9. The molecule has 0 spiro atoms. The number of hydrogen-bond acceptors (Lipinski definition) is 9. The van der Waals surface area contributed by atoms with Gasteiger partial charge in [0.25, 0.3) is 5.69 Å². The fraction of sp³-hybridized carbons (Fsp3) is 0.143. The monoisotopic (exact) mass is 589 g/mol. The number of aromatic nitrogens is 1.